The third kappa shape index (κ3) is 8.62. The highest BCUT2D eigenvalue weighted by Gasteiger charge is 2.21. The molecule has 1 aromatic rings. The Labute approximate surface area is 167 Å². The van der Waals surface area contributed by atoms with Crippen LogP contribution in [0.1, 0.15) is 36.4 Å². The van der Waals surface area contributed by atoms with Gasteiger partial charge in [0.05, 0.1) is 11.6 Å². The zero-order chi connectivity index (χ0) is 16.5. The molecule has 1 aliphatic carbocycles. The minimum atomic E-state index is 0. The Morgan fingerprint density at radius 2 is 2.25 bits per heavy atom. The third-order valence-electron chi connectivity index (χ3n) is 3.96. The van der Waals surface area contributed by atoms with E-state index in [1.807, 2.05) is 7.05 Å². The number of nitrogens with zero attached hydrogens (tertiary/aromatic N) is 3. The van der Waals surface area contributed by atoms with E-state index in [1.165, 1.54) is 17.8 Å². The molecule has 1 aliphatic rings. The molecule has 1 fully saturated rings. The number of thiazole rings is 1. The summed E-state index contributed by atoms with van der Waals surface area (Å²) in [6.07, 6.45) is 6.05. The first-order valence-electron chi connectivity index (χ1n) is 8.59. The fraction of sp³-hybridized carbons (Fsp3) is 0.765. The normalized spacial score (nSPS) is 14.4. The Balaban J connectivity index is 0.00000288. The Hall–Kier alpha value is -0.410. The summed E-state index contributed by atoms with van der Waals surface area (Å²) in [4.78, 5) is 11.0. The number of hydrogen-bond acceptors (Lipinski definition) is 4. The van der Waals surface area contributed by atoms with Gasteiger partial charge in [-0.15, -0.1) is 35.3 Å². The molecule has 0 amide bonds. The maximum absolute atomic E-state index is 5.69. The van der Waals surface area contributed by atoms with E-state index in [9.17, 15) is 0 Å². The average Bonchev–Trinajstić information content (AvgIpc) is 3.28. The first-order chi connectivity index (χ1) is 11.2. The summed E-state index contributed by atoms with van der Waals surface area (Å²) in [6, 6.07) is 0. The van der Waals surface area contributed by atoms with Gasteiger partial charge in [-0.3, -0.25) is 4.99 Å². The molecule has 1 saturated carbocycles. The highest BCUT2D eigenvalue weighted by molar-refractivity contribution is 14.0. The van der Waals surface area contributed by atoms with Crippen LogP contribution in [0, 0.1) is 12.8 Å². The number of aryl methyl sites for hydroxylation is 2. The fourth-order valence-corrected chi connectivity index (χ4v) is 3.16. The van der Waals surface area contributed by atoms with Gasteiger partial charge < -0.3 is 15.0 Å². The van der Waals surface area contributed by atoms with Crippen molar-refractivity contribution < 1.29 is 4.74 Å². The standard InChI is InChI=1S/C17H30N4OS.HI/c1-14-13-23-16(20-14)6-4-5-9-19-17(18-2)21(3)10-11-22-12-15-7-8-15;/h13,15H,4-12H2,1-3H3,(H,18,19);1H. The molecule has 0 aliphatic heterocycles. The van der Waals surface area contributed by atoms with Gasteiger partial charge in [0, 0.05) is 44.9 Å². The van der Waals surface area contributed by atoms with Crippen LogP contribution in [0.15, 0.2) is 10.4 Å². The van der Waals surface area contributed by atoms with Crippen LogP contribution in [0.4, 0.5) is 0 Å². The lowest BCUT2D eigenvalue weighted by molar-refractivity contribution is 0.115. The van der Waals surface area contributed by atoms with Crippen LogP contribution in [-0.2, 0) is 11.2 Å². The van der Waals surface area contributed by atoms with Crippen molar-refractivity contribution in [1.29, 1.82) is 0 Å². The third-order valence-corrected chi connectivity index (χ3v) is 4.99. The Kier molecular flexibility index (Phi) is 10.8. The van der Waals surface area contributed by atoms with Gasteiger partial charge >= 0.3 is 0 Å². The number of guanidine groups is 1. The number of unbranched alkanes of at least 4 members (excludes halogenated alkanes) is 1. The average molecular weight is 466 g/mol. The summed E-state index contributed by atoms with van der Waals surface area (Å²) >= 11 is 1.76. The van der Waals surface area contributed by atoms with Crippen molar-refractivity contribution in [2.24, 2.45) is 10.9 Å². The zero-order valence-electron chi connectivity index (χ0n) is 15.1. The number of aromatic nitrogens is 1. The second-order valence-corrected chi connectivity index (χ2v) is 7.20. The highest BCUT2D eigenvalue weighted by Crippen LogP contribution is 2.28. The van der Waals surface area contributed by atoms with Crippen LogP contribution in [0.2, 0.25) is 0 Å². The molecule has 0 bridgehead atoms. The van der Waals surface area contributed by atoms with Crippen LogP contribution in [-0.4, -0.2) is 56.2 Å². The number of rotatable bonds is 10. The molecule has 1 aromatic heterocycles. The second kappa shape index (κ2) is 12.0. The van der Waals surface area contributed by atoms with Gasteiger partial charge in [0.2, 0.25) is 0 Å². The molecule has 0 atom stereocenters. The topological polar surface area (TPSA) is 49.8 Å². The van der Waals surface area contributed by atoms with E-state index >= 15 is 0 Å². The Morgan fingerprint density at radius 3 is 2.88 bits per heavy atom. The molecule has 0 unspecified atom stereocenters. The van der Waals surface area contributed by atoms with E-state index in [0.717, 1.165) is 63.1 Å². The van der Waals surface area contributed by atoms with Crippen LogP contribution in [0.5, 0.6) is 0 Å². The van der Waals surface area contributed by atoms with Crippen molar-refractivity contribution in [3.63, 3.8) is 0 Å². The maximum atomic E-state index is 5.69. The SMILES string of the molecule is CN=C(NCCCCc1nc(C)cs1)N(C)CCOCC1CC1.I. The molecule has 0 saturated heterocycles. The second-order valence-electron chi connectivity index (χ2n) is 6.25. The van der Waals surface area contributed by atoms with Gasteiger partial charge in [-0.1, -0.05) is 0 Å². The summed E-state index contributed by atoms with van der Waals surface area (Å²) in [5.41, 5.74) is 1.13. The van der Waals surface area contributed by atoms with Crippen molar-refractivity contribution >= 4 is 41.3 Å². The zero-order valence-corrected chi connectivity index (χ0v) is 18.2. The summed E-state index contributed by atoms with van der Waals surface area (Å²) < 4.78 is 5.69. The monoisotopic (exact) mass is 466 g/mol. The summed E-state index contributed by atoms with van der Waals surface area (Å²) in [6.45, 7) is 5.58. The molecule has 2 rings (SSSR count). The van der Waals surface area contributed by atoms with Crippen molar-refractivity contribution in [3.05, 3.63) is 16.1 Å². The molecule has 1 N–H and O–H groups in total. The number of aliphatic imine (C=N–C) groups is 1. The van der Waals surface area contributed by atoms with E-state index < -0.39 is 0 Å². The molecule has 5 nitrogen and oxygen atoms in total. The lowest BCUT2D eigenvalue weighted by Gasteiger charge is -2.22. The van der Waals surface area contributed by atoms with Crippen molar-refractivity contribution in [2.75, 3.05) is 40.4 Å². The molecule has 138 valence electrons. The first-order valence-corrected chi connectivity index (χ1v) is 9.47. The predicted octanol–water partition coefficient (Wildman–Crippen LogP) is 3.33. The number of nitrogens with one attached hydrogen (secondary N) is 1. The predicted molar refractivity (Wildman–Crippen MR) is 113 cm³/mol. The van der Waals surface area contributed by atoms with E-state index in [2.05, 4.69) is 39.5 Å². The fourth-order valence-electron chi connectivity index (χ4n) is 2.35. The minimum absolute atomic E-state index is 0. The molecule has 0 aromatic carbocycles. The van der Waals surface area contributed by atoms with Crippen LogP contribution >= 0.6 is 35.3 Å². The quantitative estimate of drug-likeness (QED) is 0.249. The van der Waals surface area contributed by atoms with Crippen LogP contribution < -0.4 is 5.32 Å². The molecule has 0 spiro atoms. The van der Waals surface area contributed by atoms with Gasteiger partial charge in [-0.2, -0.15) is 0 Å². The summed E-state index contributed by atoms with van der Waals surface area (Å²) in [7, 11) is 3.90. The minimum Gasteiger partial charge on any atom is -0.379 e. The van der Waals surface area contributed by atoms with Gasteiger partial charge in [-0.05, 0) is 44.9 Å². The highest BCUT2D eigenvalue weighted by atomic mass is 127. The smallest absolute Gasteiger partial charge is 0.193 e. The molecule has 0 radical (unpaired) electrons. The summed E-state index contributed by atoms with van der Waals surface area (Å²) in [5.74, 6) is 1.78. The van der Waals surface area contributed by atoms with E-state index in [1.54, 1.807) is 11.3 Å². The van der Waals surface area contributed by atoms with Crippen molar-refractivity contribution in [3.8, 4) is 0 Å². The molecule has 24 heavy (non-hydrogen) atoms. The summed E-state index contributed by atoms with van der Waals surface area (Å²) in [5, 5.41) is 6.79. The van der Waals surface area contributed by atoms with Crippen molar-refractivity contribution in [2.45, 2.75) is 39.0 Å². The molecule has 1 heterocycles. The van der Waals surface area contributed by atoms with Crippen molar-refractivity contribution in [1.82, 2.24) is 15.2 Å². The lowest BCUT2D eigenvalue weighted by atomic mass is 10.2. The Morgan fingerprint density at radius 1 is 1.46 bits per heavy atom. The number of ether oxygens (including phenoxy) is 1. The first kappa shape index (κ1) is 21.6. The van der Waals surface area contributed by atoms with Gasteiger partial charge in [0.25, 0.3) is 0 Å². The van der Waals surface area contributed by atoms with Gasteiger partial charge in [-0.25, -0.2) is 4.98 Å². The van der Waals surface area contributed by atoms with Gasteiger partial charge in [0.1, 0.15) is 0 Å². The number of halogens is 1. The maximum Gasteiger partial charge on any atom is 0.193 e. The molecule has 7 heteroatoms. The molecular weight excluding hydrogens is 435 g/mol. The lowest BCUT2D eigenvalue weighted by Crippen LogP contribution is -2.41. The Bertz CT molecular complexity index is 491. The van der Waals surface area contributed by atoms with E-state index in [0.29, 0.717) is 0 Å². The largest absolute Gasteiger partial charge is 0.379 e. The van der Waals surface area contributed by atoms with Crippen LogP contribution in [0.25, 0.3) is 0 Å². The van der Waals surface area contributed by atoms with Crippen LogP contribution in [0.3, 0.4) is 0 Å². The molecular formula is C17H31IN4OS. The number of likely N-dealkylation sites (N-methyl/N-ethyl adjacent to an activating group) is 1. The number of hydrogen-bond donors (Lipinski definition) is 1. The van der Waals surface area contributed by atoms with E-state index in [-0.39, 0.29) is 24.0 Å². The van der Waals surface area contributed by atoms with Gasteiger partial charge in [0.15, 0.2) is 5.96 Å². The van der Waals surface area contributed by atoms with E-state index in [4.69, 9.17) is 4.74 Å².